The van der Waals surface area contributed by atoms with E-state index < -0.39 is 15.8 Å². The Morgan fingerprint density at radius 1 is 1.38 bits per heavy atom. The largest absolute Gasteiger partial charge is 0.384 e. The van der Waals surface area contributed by atoms with Crippen LogP contribution < -0.4 is 0 Å². The third-order valence-electron chi connectivity index (χ3n) is 2.97. The molecular weight excluding hydrogens is 293 g/mol. The van der Waals surface area contributed by atoms with Gasteiger partial charge in [-0.15, -0.1) is 0 Å². The molecule has 0 atom stereocenters. The van der Waals surface area contributed by atoms with Gasteiger partial charge in [-0.2, -0.15) is 0 Å². The first kappa shape index (κ1) is 17.6. The van der Waals surface area contributed by atoms with Gasteiger partial charge in [0.2, 0.25) is 10.0 Å². The van der Waals surface area contributed by atoms with E-state index in [4.69, 9.17) is 5.11 Å². The second kappa shape index (κ2) is 7.55. The van der Waals surface area contributed by atoms with Crippen LogP contribution in [0.1, 0.15) is 25.8 Å². The highest BCUT2D eigenvalue weighted by atomic mass is 32.2. The van der Waals surface area contributed by atoms with Crippen LogP contribution >= 0.6 is 0 Å². The summed E-state index contributed by atoms with van der Waals surface area (Å²) < 4.78 is 39.6. The molecule has 0 radical (unpaired) electrons. The predicted octanol–water partition coefficient (Wildman–Crippen LogP) is 1.84. The molecule has 6 heteroatoms. The molecule has 0 saturated carbocycles. The number of nitrogens with zero attached hydrogens (tertiary/aromatic N) is 1. The maximum Gasteiger partial charge on any atom is 0.242 e. The molecule has 0 aliphatic carbocycles. The standard InChI is InChI=1S/C15H20FNO3S/c1-12(2)8-9-17(3)21(19,20)14-7-6-13(5-4-10-18)15(16)11-14/h6-7,11-12,18H,8-10H2,1-3H3. The molecular formula is C15H20FNO3S. The van der Waals surface area contributed by atoms with Crippen molar-refractivity contribution in [2.75, 3.05) is 20.2 Å². The van der Waals surface area contributed by atoms with E-state index in [2.05, 4.69) is 11.8 Å². The Balaban J connectivity index is 3.01. The highest BCUT2D eigenvalue weighted by Crippen LogP contribution is 2.18. The smallest absolute Gasteiger partial charge is 0.242 e. The van der Waals surface area contributed by atoms with Crippen LogP contribution in [0, 0.1) is 23.6 Å². The molecule has 0 aliphatic rings. The Morgan fingerprint density at radius 2 is 2.05 bits per heavy atom. The summed E-state index contributed by atoms with van der Waals surface area (Å²) in [4.78, 5) is -0.0965. The van der Waals surface area contributed by atoms with Crippen molar-refractivity contribution in [3.05, 3.63) is 29.6 Å². The van der Waals surface area contributed by atoms with Crippen LogP contribution in [0.3, 0.4) is 0 Å². The Kier molecular flexibility index (Phi) is 6.34. The molecule has 0 unspecified atom stereocenters. The zero-order valence-electron chi connectivity index (χ0n) is 12.4. The summed E-state index contributed by atoms with van der Waals surface area (Å²) in [5.41, 5.74) is 0.0628. The molecule has 0 heterocycles. The predicted molar refractivity (Wildman–Crippen MR) is 79.6 cm³/mol. The highest BCUT2D eigenvalue weighted by molar-refractivity contribution is 7.89. The van der Waals surface area contributed by atoms with Crippen molar-refractivity contribution < 1.29 is 17.9 Å². The van der Waals surface area contributed by atoms with Crippen LogP contribution in [0.5, 0.6) is 0 Å². The molecule has 1 N–H and O–H groups in total. The van der Waals surface area contributed by atoms with Gasteiger partial charge in [-0.3, -0.25) is 0 Å². The molecule has 0 amide bonds. The summed E-state index contributed by atoms with van der Waals surface area (Å²) >= 11 is 0. The average molecular weight is 313 g/mol. The lowest BCUT2D eigenvalue weighted by atomic mass is 10.1. The van der Waals surface area contributed by atoms with Gasteiger partial charge in [0.15, 0.2) is 0 Å². The van der Waals surface area contributed by atoms with E-state index >= 15 is 0 Å². The lowest BCUT2D eigenvalue weighted by Gasteiger charge is -2.18. The third kappa shape index (κ3) is 4.81. The zero-order valence-corrected chi connectivity index (χ0v) is 13.2. The van der Waals surface area contributed by atoms with Gasteiger partial charge in [-0.05, 0) is 30.5 Å². The Hall–Kier alpha value is -1.42. The molecule has 0 saturated heterocycles. The number of halogens is 1. The number of aliphatic hydroxyl groups is 1. The van der Waals surface area contributed by atoms with Crippen LogP contribution in [-0.2, 0) is 10.0 Å². The monoisotopic (exact) mass is 313 g/mol. The minimum atomic E-state index is -3.70. The summed E-state index contributed by atoms with van der Waals surface area (Å²) in [5, 5.41) is 8.58. The van der Waals surface area contributed by atoms with E-state index in [0.717, 1.165) is 12.5 Å². The second-order valence-electron chi connectivity index (χ2n) is 5.11. The summed E-state index contributed by atoms with van der Waals surface area (Å²) in [6, 6.07) is 3.59. The first-order valence-electron chi connectivity index (χ1n) is 6.64. The van der Waals surface area contributed by atoms with Crippen LogP contribution in [0.15, 0.2) is 23.1 Å². The van der Waals surface area contributed by atoms with Gasteiger partial charge in [-0.25, -0.2) is 17.1 Å². The summed E-state index contributed by atoms with van der Waals surface area (Å²) in [6.45, 7) is 4.02. The molecule has 21 heavy (non-hydrogen) atoms. The van der Waals surface area contributed by atoms with Crippen molar-refractivity contribution in [1.82, 2.24) is 4.31 Å². The van der Waals surface area contributed by atoms with Crippen LogP contribution in [-0.4, -0.2) is 38.0 Å². The average Bonchev–Trinajstić information content (AvgIpc) is 2.43. The van der Waals surface area contributed by atoms with Crippen LogP contribution in [0.25, 0.3) is 0 Å². The first-order chi connectivity index (χ1) is 9.78. The van der Waals surface area contributed by atoms with E-state index in [0.29, 0.717) is 12.5 Å². The molecule has 1 aromatic carbocycles. The summed E-state index contributed by atoms with van der Waals surface area (Å²) in [5.74, 6) is 4.42. The fraction of sp³-hybridized carbons (Fsp3) is 0.467. The van der Waals surface area contributed by atoms with Crippen molar-refractivity contribution in [2.45, 2.75) is 25.2 Å². The number of hydrogen-bond acceptors (Lipinski definition) is 3. The lowest BCUT2D eigenvalue weighted by Crippen LogP contribution is -2.28. The Bertz CT molecular complexity index is 645. The van der Waals surface area contributed by atoms with Gasteiger partial charge in [0, 0.05) is 13.6 Å². The fourth-order valence-electron chi connectivity index (χ4n) is 1.63. The van der Waals surface area contributed by atoms with Gasteiger partial charge in [0.25, 0.3) is 0 Å². The first-order valence-corrected chi connectivity index (χ1v) is 8.08. The minimum Gasteiger partial charge on any atom is -0.384 e. The molecule has 4 nitrogen and oxygen atoms in total. The van der Waals surface area contributed by atoms with Gasteiger partial charge in [-0.1, -0.05) is 25.7 Å². The Labute approximate surface area is 125 Å². The van der Waals surface area contributed by atoms with Crippen LogP contribution in [0.2, 0.25) is 0 Å². The molecule has 0 aliphatic heterocycles. The molecule has 0 spiro atoms. The molecule has 1 aromatic rings. The molecule has 116 valence electrons. The van der Waals surface area contributed by atoms with Gasteiger partial charge in [0.05, 0.1) is 10.5 Å². The van der Waals surface area contributed by atoms with Gasteiger partial charge < -0.3 is 5.11 Å². The van der Waals surface area contributed by atoms with Crippen LogP contribution in [0.4, 0.5) is 4.39 Å². The van der Waals surface area contributed by atoms with E-state index in [1.165, 1.54) is 23.5 Å². The van der Waals surface area contributed by atoms with Crippen molar-refractivity contribution in [1.29, 1.82) is 0 Å². The summed E-state index contributed by atoms with van der Waals surface area (Å²) in [6.07, 6.45) is 0.734. The second-order valence-corrected chi connectivity index (χ2v) is 7.16. The van der Waals surface area contributed by atoms with Crippen molar-refractivity contribution in [3.63, 3.8) is 0 Å². The number of hydrogen-bond donors (Lipinski definition) is 1. The normalized spacial score (nSPS) is 11.6. The maximum atomic E-state index is 13.8. The van der Waals surface area contributed by atoms with E-state index in [-0.39, 0.29) is 17.1 Å². The van der Waals surface area contributed by atoms with E-state index in [1.807, 2.05) is 13.8 Å². The number of benzene rings is 1. The van der Waals surface area contributed by atoms with Crippen molar-refractivity contribution in [3.8, 4) is 11.8 Å². The third-order valence-corrected chi connectivity index (χ3v) is 4.83. The SMILES string of the molecule is CC(C)CCN(C)S(=O)(=O)c1ccc(C#CCO)c(F)c1. The number of aliphatic hydroxyl groups excluding tert-OH is 1. The quantitative estimate of drug-likeness (QED) is 0.844. The zero-order chi connectivity index (χ0) is 16.0. The van der Waals surface area contributed by atoms with E-state index in [1.54, 1.807) is 0 Å². The molecule has 1 rings (SSSR count). The van der Waals surface area contributed by atoms with Crippen molar-refractivity contribution in [2.24, 2.45) is 5.92 Å². The van der Waals surface area contributed by atoms with E-state index in [9.17, 15) is 12.8 Å². The number of rotatable bonds is 5. The molecule has 0 fully saturated rings. The minimum absolute atomic E-state index is 0.0628. The molecule has 0 aromatic heterocycles. The fourth-order valence-corrected chi connectivity index (χ4v) is 2.83. The van der Waals surface area contributed by atoms with Crippen molar-refractivity contribution >= 4 is 10.0 Å². The van der Waals surface area contributed by atoms with Gasteiger partial charge >= 0.3 is 0 Å². The topological polar surface area (TPSA) is 57.6 Å². The highest BCUT2D eigenvalue weighted by Gasteiger charge is 2.21. The number of sulfonamides is 1. The van der Waals surface area contributed by atoms with Gasteiger partial charge in [0.1, 0.15) is 12.4 Å². The molecule has 0 bridgehead atoms. The lowest BCUT2D eigenvalue weighted by molar-refractivity contribution is 0.350. The summed E-state index contributed by atoms with van der Waals surface area (Å²) in [7, 11) is -2.22. The maximum absolute atomic E-state index is 13.8. The Morgan fingerprint density at radius 3 is 2.57 bits per heavy atom.